The van der Waals surface area contributed by atoms with E-state index in [2.05, 4.69) is 37.2 Å². The average molecular weight is 1660 g/mol. The maximum Gasteiger partial charge on any atom is 0.257 e. The number of benzene rings is 8. The molecule has 2 aliphatic carbocycles. The van der Waals surface area contributed by atoms with Gasteiger partial charge in [-0.2, -0.15) is 0 Å². The van der Waals surface area contributed by atoms with E-state index >= 15 is 0 Å². The van der Waals surface area contributed by atoms with Crippen molar-refractivity contribution in [1.29, 1.82) is 0 Å². The van der Waals surface area contributed by atoms with Crippen LogP contribution < -0.4 is 47.0 Å². The number of fused-ring (bicyclic) bond motifs is 2. The standard InChI is InChI=1S/C29H29N3O3.C27H33N3O3.C22H25N3O3.C16H21N3O5S/c33-27(30-22-16-8-3-9-17-22)26-28(34)31-23-18-10-11-19-24(23)32(26)29(35)25(20-12-4-1-5-13-20)21-14-6-2-7-15-21;31-24(18-21-10-4-1-5-11-21)30-17-16-29(20-23-14-8-3-9-15-23)27(33)25(30)26(32)28-19-22-12-6-2-7-13-22;1-15-7-6-8-16(2)19(15)24-22(28)20-21(27)23-13-14-25(20)18(26)12-11-17-9-4-3-5-10-17;1-3-4-9-17-15(21)14-16(22)18-11-7-5-6-8-12(11)19(14)13(20)10-25(2,23)24/h1-2,4-7,10-15,18-19,22,25-26H,3,8-9,16-17H2,(H,30,33)(H,31,34);2-3,6-9,12-15,21,25H,1,4-5,10-11,16-20H2,(H,28,32);3-10,20H,11-14H2,1-2H3,(H,23,27)(H,24,28);5-8,14H,3-4,9-10H2,1-2H3,(H,17,21)(H,18,22). The first kappa shape index (κ1) is 89.1. The van der Waals surface area contributed by atoms with Crippen molar-refractivity contribution in [2.24, 2.45) is 5.92 Å². The second-order valence-corrected chi connectivity index (χ2v) is 33.4. The molecule has 2 saturated carbocycles. The zero-order chi connectivity index (χ0) is 86.0. The average Bonchev–Trinajstić information content (AvgIpc) is 0.747. The lowest BCUT2D eigenvalue weighted by Gasteiger charge is -2.40. The summed E-state index contributed by atoms with van der Waals surface area (Å²) in [5.41, 5.74) is 8.82. The van der Waals surface area contributed by atoms with Gasteiger partial charge in [0.2, 0.25) is 23.6 Å². The number of para-hydroxylation sites is 5. The summed E-state index contributed by atoms with van der Waals surface area (Å²) in [5, 5.41) is 19.5. The first-order valence-corrected chi connectivity index (χ1v) is 43.7. The SMILES string of the molecule is CCCCNC(=O)C1C(=O)Nc2ccccc2N1C(=O)CS(C)(=O)=O.Cc1cccc(C)c1NC(=O)C1C(=O)NCCN1C(=O)CCc1ccccc1.O=C(NCc1ccccc1)C1C(=O)N(Cc2ccccc2)CCN1C(=O)CC1CCCCC1.O=C1Nc2ccccc2N(C(=O)C(c2ccccc2)c2ccccc2)C1C(=O)NC1CCCCC1. The molecule has 4 heterocycles. The molecule has 8 aromatic carbocycles. The largest absolute Gasteiger partial charge is 0.354 e. The lowest BCUT2D eigenvalue weighted by Crippen LogP contribution is -2.63. The number of hydrogen-bond acceptors (Lipinski definition) is 14. The fourth-order valence-electron chi connectivity index (χ4n) is 16.0. The monoisotopic (exact) mass is 1660 g/mol. The minimum Gasteiger partial charge on any atom is -0.354 e. The summed E-state index contributed by atoms with van der Waals surface area (Å²) in [6, 6.07) is 62.4. The van der Waals surface area contributed by atoms with Crippen molar-refractivity contribution in [3.8, 4) is 0 Å². The third-order valence-corrected chi connectivity index (χ3v) is 23.0. The number of hydrogen-bond donors (Lipinski definition) is 7. The lowest BCUT2D eigenvalue weighted by molar-refractivity contribution is -0.157. The maximum absolute atomic E-state index is 14.4. The molecule has 26 nitrogen and oxygen atoms in total. The second-order valence-electron chi connectivity index (χ2n) is 31.3. The smallest absolute Gasteiger partial charge is 0.257 e. The number of aryl methyl sites for hydroxylation is 3. The van der Waals surface area contributed by atoms with Crippen LogP contribution in [0.25, 0.3) is 0 Å². The zero-order valence-electron chi connectivity index (χ0n) is 68.9. The van der Waals surface area contributed by atoms with Gasteiger partial charge in [0, 0.05) is 76.6 Å². The summed E-state index contributed by atoms with van der Waals surface area (Å²) < 4.78 is 23.0. The molecule has 4 aliphatic heterocycles. The molecule has 0 bridgehead atoms. The molecule has 2 saturated heterocycles. The van der Waals surface area contributed by atoms with Gasteiger partial charge in [0.05, 0.1) is 28.7 Å². The van der Waals surface area contributed by atoms with Crippen LogP contribution >= 0.6 is 0 Å². The molecule has 27 heteroatoms. The van der Waals surface area contributed by atoms with Gasteiger partial charge in [-0.15, -0.1) is 0 Å². The molecular formula is C94H108N12O14S. The van der Waals surface area contributed by atoms with Gasteiger partial charge in [-0.1, -0.05) is 246 Å². The van der Waals surface area contributed by atoms with Gasteiger partial charge < -0.3 is 51.9 Å². The van der Waals surface area contributed by atoms with Crippen LogP contribution in [-0.4, -0.2) is 169 Å². The van der Waals surface area contributed by atoms with Crippen LogP contribution in [0.5, 0.6) is 0 Å². The molecule has 0 radical (unpaired) electrons. The van der Waals surface area contributed by atoms with Gasteiger partial charge in [0.15, 0.2) is 34.0 Å². The molecule has 12 amide bonds. The summed E-state index contributed by atoms with van der Waals surface area (Å²) in [4.78, 5) is 164. The van der Waals surface area contributed by atoms with Crippen molar-refractivity contribution in [3.63, 3.8) is 0 Å². The highest BCUT2D eigenvalue weighted by Gasteiger charge is 2.47. The maximum atomic E-state index is 14.4. The Morgan fingerprint density at radius 1 is 0.479 bits per heavy atom. The summed E-state index contributed by atoms with van der Waals surface area (Å²) in [5.74, 6) is -6.36. The highest BCUT2D eigenvalue weighted by atomic mass is 32.2. The Balaban J connectivity index is 0.000000159. The summed E-state index contributed by atoms with van der Waals surface area (Å²) in [6.07, 6.45) is 14.5. The van der Waals surface area contributed by atoms with Gasteiger partial charge >= 0.3 is 0 Å². The predicted molar refractivity (Wildman–Crippen MR) is 465 cm³/mol. The Morgan fingerprint density at radius 3 is 1.54 bits per heavy atom. The molecule has 0 spiro atoms. The Kier molecular flexibility index (Phi) is 31.9. The molecule has 634 valence electrons. The van der Waals surface area contributed by atoms with Crippen molar-refractivity contribution in [1.82, 2.24) is 36.0 Å². The first-order valence-electron chi connectivity index (χ1n) is 41.7. The molecule has 4 fully saturated rings. The fraction of sp³-hybridized carbons (Fsp3) is 0.362. The Bertz CT molecular complexity index is 5010. The van der Waals surface area contributed by atoms with E-state index in [1.807, 2.05) is 197 Å². The number of carbonyl (C=O) groups is 12. The number of sulfone groups is 1. The minimum absolute atomic E-state index is 0.0252. The molecule has 4 atom stereocenters. The normalized spacial score (nSPS) is 17.8. The van der Waals surface area contributed by atoms with Gasteiger partial charge in [-0.25, -0.2) is 8.42 Å². The second kappa shape index (κ2) is 43.4. The summed E-state index contributed by atoms with van der Waals surface area (Å²) in [6.45, 7) is 8.37. The number of nitrogens with one attached hydrogen (secondary N) is 7. The van der Waals surface area contributed by atoms with Crippen molar-refractivity contribution >= 4 is 109 Å². The van der Waals surface area contributed by atoms with Crippen LogP contribution in [-0.2, 0) is 86.9 Å². The van der Waals surface area contributed by atoms with Gasteiger partial charge in [0.25, 0.3) is 47.3 Å². The Morgan fingerprint density at radius 2 is 0.975 bits per heavy atom. The molecule has 8 aromatic rings. The summed E-state index contributed by atoms with van der Waals surface area (Å²) >= 11 is 0. The molecule has 4 unspecified atom stereocenters. The molecular weight excluding hydrogens is 1550 g/mol. The van der Waals surface area contributed by atoms with E-state index in [4.69, 9.17) is 0 Å². The van der Waals surface area contributed by atoms with Crippen molar-refractivity contribution in [2.75, 3.05) is 70.5 Å². The molecule has 0 aromatic heterocycles. The third kappa shape index (κ3) is 24.1. The zero-order valence-corrected chi connectivity index (χ0v) is 69.8. The molecule has 6 aliphatic rings. The minimum atomic E-state index is -3.62. The van der Waals surface area contributed by atoms with E-state index in [1.54, 1.807) is 47.4 Å². The number of nitrogens with zero attached hydrogens (tertiary/aromatic N) is 5. The van der Waals surface area contributed by atoms with E-state index in [1.165, 1.54) is 21.1 Å². The van der Waals surface area contributed by atoms with Crippen LogP contribution in [0.2, 0.25) is 0 Å². The molecule has 14 rings (SSSR count). The van der Waals surface area contributed by atoms with Gasteiger partial charge in [-0.05, 0) is 121 Å². The van der Waals surface area contributed by atoms with Crippen LogP contribution in [0.1, 0.15) is 142 Å². The first-order chi connectivity index (χ1) is 58.5. The van der Waals surface area contributed by atoms with Crippen LogP contribution in [0.4, 0.5) is 28.4 Å². The number of carbonyl (C=O) groups excluding carboxylic acids is 12. The Labute approximate surface area is 707 Å². The van der Waals surface area contributed by atoms with Crippen LogP contribution in [0.3, 0.4) is 0 Å². The van der Waals surface area contributed by atoms with E-state index in [0.29, 0.717) is 93.0 Å². The quantitative estimate of drug-likeness (QED) is 0.0231. The van der Waals surface area contributed by atoms with Gasteiger partial charge in [0.1, 0.15) is 5.75 Å². The molecule has 121 heavy (non-hydrogen) atoms. The van der Waals surface area contributed by atoms with E-state index < -0.39 is 92.9 Å². The number of amides is 12. The number of rotatable bonds is 23. The number of piperazine rings is 2. The highest BCUT2D eigenvalue weighted by molar-refractivity contribution is 7.91. The number of unbranched alkanes of at least 4 members (excludes halogenated alkanes) is 1. The number of anilines is 5. The predicted octanol–water partition coefficient (Wildman–Crippen LogP) is 10.6. The van der Waals surface area contributed by atoms with E-state index in [0.717, 1.165) is 121 Å². The van der Waals surface area contributed by atoms with Gasteiger partial charge in [-0.3, -0.25) is 67.3 Å². The molecule has 7 N–H and O–H groups in total. The van der Waals surface area contributed by atoms with Crippen molar-refractivity contribution < 1.29 is 66.0 Å². The van der Waals surface area contributed by atoms with E-state index in [-0.39, 0.29) is 36.1 Å². The topological polar surface area (TPSA) is 339 Å². The van der Waals surface area contributed by atoms with E-state index in [9.17, 15) is 66.0 Å². The van der Waals surface area contributed by atoms with Crippen LogP contribution in [0, 0.1) is 19.8 Å². The van der Waals surface area contributed by atoms with Crippen LogP contribution in [0.15, 0.2) is 218 Å². The fourth-order valence-corrected chi connectivity index (χ4v) is 16.6. The lowest BCUT2D eigenvalue weighted by atomic mass is 9.86. The van der Waals surface area contributed by atoms with Crippen molar-refractivity contribution in [2.45, 2.75) is 166 Å². The third-order valence-electron chi connectivity index (χ3n) is 22.3. The Hall–Kier alpha value is -12.7. The highest BCUT2D eigenvalue weighted by Crippen LogP contribution is 2.38. The van der Waals surface area contributed by atoms with Crippen molar-refractivity contribution in [3.05, 3.63) is 257 Å². The summed E-state index contributed by atoms with van der Waals surface area (Å²) in [7, 11) is -3.62.